The summed E-state index contributed by atoms with van der Waals surface area (Å²) in [6.07, 6.45) is 3.25. The quantitative estimate of drug-likeness (QED) is 0.774. The fourth-order valence-corrected chi connectivity index (χ4v) is 1.37. The summed E-state index contributed by atoms with van der Waals surface area (Å²) in [4.78, 5) is 26.6. The van der Waals surface area contributed by atoms with Gasteiger partial charge in [0.05, 0.1) is 6.54 Å². The maximum Gasteiger partial charge on any atom is 0.274 e. The first-order valence-electron chi connectivity index (χ1n) is 5.13. The Labute approximate surface area is 92.5 Å². The Morgan fingerprint density at radius 2 is 2.25 bits per heavy atom. The van der Waals surface area contributed by atoms with Gasteiger partial charge < -0.3 is 10.4 Å². The number of ketones is 1. The molecule has 0 saturated heterocycles. The van der Waals surface area contributed by atoms with Crippen molar-refractivity contribution in [2.24, 2.45) is 5.92 Å². The molecule has 84 valence electrons. The van der Waals surface area contributed by atoms with Crippen molar-refractivity contribution in [1.29, 1.82) is 0 Å². The zero-order valence-electron chi connectivity index (χ0n) is 8.64. The van der Waals surface area contributed by atoms with E-state index in [0.717, 1.165) is 12.8 Å². The van der Waals surface area contributed by atoms with Crippen LogP contribution in [0.1, 0.15) is 23.3 Å². The molecular weight excluding hydrogens is 208 g/mol. The lowest BCUT2D eigenvalue weighted by atomic mass is 10.2. The normalized spacial score (nSPS) is 14.5. The van der Waals surface area contributed by atoms with E-state index in [4.69, 9.17) is 0 Å². The number of aromatic nitrogens is 1. The number of hydrogen-bond donors (Lipinski definition) is 2. The number of Topliss-reactive ketones (excluding diaryl/α,β-unsaturated/α-hetero) is 1. The first-order valence-corrected chi connectivity index (χ1v) is 5.13. The molecule has 1 amide bonds. The Balaban J connectivity index is 1.92. The van der Waals surface area contributed by atoms with Crippen LogP contribution in [0, 0.1) is 5.92 Å². The molecule has 0 aliphatic heterocycles. The van der Waals surface area contributed by atoms with Gasteiger partial charge in [-0.15, -0.1) is 0 Å². The van der Waals surface area contributed by atoms with Crippen molar-refractivity contribution in [1.82, 2.24) is 10.3 Å². The second kappa shape index (κ2) is 4.30. The summed E-state index contributed by atoms with van der Waals surface area (Å²) in [6.45, 7) is 0.0134. The minimum atomic E-state index is -0.521. The minimum Gasteiger partial charge on any atom is -0.505 e. The summed E-state index contributed by atoms with van der Waals surface area (Å²) in [5, 5.41) is 11.8. The van der Waals surface area contributed by atoms with E-state index in [9.17, 15) is 14.7 Å². The molecule has 0 unspecified atom stereocenters. The van der Waals surface area contributed by atoms with Gasteiger partial charge in [0.25, 0.3) is 5.91 Å². The summed E-state index contributed by atoms with van der Waals surface area (Å²) < 4.78 is 0. The highest BCUT2D eigenvalue weighted by Crippen LogP contribution is 2.29. The molecule has 1 aliphatic carbocycles. The predicted octanol–water partition coefficient (Wildman–Crippen LogP) is 0.496. The van der Waals surface area contributed by atoms with Crippen LogP contribution in [0.2, 0.25) is 0 Å². The van der Waals surface area contributed by atoms with E-state index < -0.39 is 5.91 Å². The largest absolute Gasteiger partial charge is 0.505 e. The zero-order chi connectivity index (χ0) is 11.5. The van der Waals surface area contributed by atoms with Gasteiger partial charge in [-0.25, -0.2) is 4.98 Å². The van der Waals surface area contributed by atoms with Crippen LogP contribution in [-0.4, -0.2) is 28.3 Å². The van der Waals surface area contributed by atoms with Gasteiger partial charge in [-0.05, 0) is 25.0 Å². The summed E-state index contributed by atoms with van der Waals surface area (Å²) in [5.74, 6) is -0.535. The lowest BCUT2D eigenvalue weighted by molar-refractivity contribution is -0.119. The van der Waals surface area contributed by atoms with Gasteiger partial charge in [0, 0.05) is 12.1 Å². The Bertz CT molecular complexity index is 427. The highest BCUT2D eigenvalue weighted by Gasteiger charge is 2.29. The van der Waals surface area contributed by atoms with Crippen LogP contribution in [-0.2, 0) is 4.79 Å². The van der Waals surface area contributed by atoms with Gasteiger partial charge in [-0.2, -0.15) is 0 Å². The third kappa shape index (κ3) is 2.36. The number of pyridine rings is 1. The second-order valence-electron chi connectivity index (χ2n) is 3.79. The molecule has 2 rings (SSSR count). The first kappa shape index (κ1) is 10.6. The molecule has 0 radical (unpaired) electrons. The molecule has 5 heteroatoms. The number of nitrogens with zero attached hydrogens (tertiary/aromatic N) is 1. The number of amides is 1. The van der Waals surface area contributed by atoms with Crippen molar-refractivity contribution < 1.29 is 14.7 Å². The number of carbonyl (C=O) groups excluding carboxylic acids is 2. The van der Waals surface area contributed by atoms with Crippen molar-refractivity contribution >= 4 is 11.7 Å². The molecule has 2 N–H and O–H groups in total. The topological polar surface area (TPSA) is 79.3 Å². The highest BCUT2D eigenvalue weighted by molar-refractivity contribution is 5.97. The van der Waals surface area contributed by atoms with Crippen LogP contribution < -0.4 is 5.32 Å². The second-order valence-corrected chi connectivity index (χ2v) is 3.79. The number of carbonyl (C=O) groups is 2. The average molecular weight is 220 g/mol. The van der Waals surface area contributed by atoms with Gasteiger partial charge in [-0.3, -0.25) is 9.59 Å². The minimum absolute atomic E-state index is 0.0134. The number of hydrogen-bond acceptors (Lipinski definition) is 4. The van der Waals surface area contributed by atoms with Gasteiger partial charge in [0.2, 0.25) is 0 Å². The van der Waals surface area contributed by atoms with E-state index in [2.05, 4.69) is 10.3 Å². The summed E-state index contributed by atoms with van der Waals surface area (Å²) in [6, 6.07) is 2.91. The summed E-state index contributed by atoms with van der Waals surface area (Å²) in [7, 11) is 0. The maximum atomic E-state index is 11.5. The van der Waals surface area contributed by atoms with Crippen LogP contribution in [0.3, 0.4) is 0 Å². The smallest absolute Gasteiger partial charge is 0.274 e. The van der Waals surface area contributed by atoms with Crippen LogP contribution in [0.25, 0.3) is 0 Å². The molecule has 0 atom stereocenters. The van der Waals surface area contributed by atoms with E-state index in [1.165, 1.54) is 18.3 Å². The van der Waals surface area contributed by atoms with Crippen LogP contribution >= 0.6 is 0 Å². The molecule has 1 heterocycles. The molecule has 1 saturated carbocycles. The molecule has 0 spiro atoms. The van der Waals surface area contributed by atoms with E-state index in [1.54, 1.807) is 0 Å². The van der Waals surface area contributed by atoms with Gasteiger partial charge in [0.15, 0.2) is 11.5 Å². The highest BCUT2D eigenvalue weighted by atomic mass is 16.3. The Morgan fingerprint density at radius 1 is 1.50 bits per heavy atom. The molecule has 5 nitrogen and oxygen atoms in total. The van der Waals surface area contributed by atoms with Crippen molar-refractivity contribution in [2.75, 3.05) is 6.54 Å². The van der Waals surface area contributed by atoms with Gasteiger partial charge in [-0.1, -0.05) is 0 Å². The van der Waals surface area contributed by atoms with E-state index in [0.29, 0.717) is 0 Å². The van der Waals surface area contributed by atoms with Gasteiger partial charge in [0.1, 0.15) is 5.75 Å². The lowest BCUT2D eigenvalue weighted by Crippen LogP contribution is -2.30. The average Bonchev–Trinajstić information content (AvgIpc) is 3.10. The number of nitrogens with one attached hydrogen (secondary N) is 1. The number of aromatic hydroxyl groups is 1. The van der Waals surface area contributed by atoms with E-state index in [1.807, 2.05) is 0 Å². The van der Waals surface area contributed by atoms with Crippen molar-refractivity contribution in [3.63, 3.8) is 0 Å². The SMILES string of the molecule is O=C(NCC(=O)C1CC1)c1ncccc1O. The van der Waals surface area contributed by atoms with Crippen LogP contribution in [0.4, 0.5) is 0 Å². The molecule has 1 aromatic heterocycles. The molecule has 16 heavy (non-hydrogen) atoms. The molecular formula is C11H12N2O3. The number of rotatable bonds is 4. The first-order chi connectivity index (χ1) is 7.68. The molecule has 0 aromatic carbocycles. The standard InChI is InChI=1S/C11H12N2O3/c14-8-2-1-5-12-10(8)11(16)13-6-9(15)7-3-4-7/h1-2,5,7,14H,3-4,6H2,(H,13,16). The lowest BCUT2D eigenvalue weighted by Gasteiger charge is -2.04. The van der Waals surface area contributed by atoms with Crippen LogP contribution in [0.5, 0.6) is 5.75 Å². The molecule has 1 aliphatic rings. The fraction of sp³-hybridized carbons (Fsp3) is 0.364. The molecule has 1 aromatic rings. The fourth-order valence-electron chi connectivity index (χ4n) is 1.37. The third-order valence-electron chi connectivity index (χ3n) is 2.46. The predicted molar refractivity (Wildman–Crippen MR) is 56.0 cm³/mol. The monoisotopic (exact) mass is 220 g/mol. The summed E-state index contributed by atoms with van der Waals surface area (Å²) >= 11 is 0. The van der Waals surface area contributed by atoms with E-state index >= 15 is 0 Å². The Kier molecular flexibility index (Phi) is 2.85. The Hall–Kier alpha value is -1.91. The van der Waals surface area contributed by atoms with Crippen molar-refractivity contribution in [2.45, 2.75) is 12.8 Å². The maximum absolute atomic E-state index is 11.5. The van der Waals surface area contributed by atoms with Gasteiger partial charge >= 0.3 is 0 Å². The zero-order valence-corrected chi connectivity index (χ0v) is 8.64. The molecule has 1 fully saturated rings. The molecule has 0 bridgehead atoms. The van der Waals surface area contributed by atoms with Crippen molar-refractivity contribution in [3.8, 4) is 5.75 Å². The van der Waals surface area contributed by atoms with E-state index in [-0.39, 0.29) is 29.7 Å². The Morgan fingerprint density at radius 3 is 2.88 bits per heavy atom. The van der Waals surface area contributed by atoms with Crippen LogP contribution in [0.15, 0.2) is 18.3 Å². The summed E-state index contributed by atoms with van der Waals surface area (Å²) in [5.41, 5.74) is -0.0499. The van der Waals surface area contributed by atoms with Crippen molar-refractivity contribution in [3.05, 3.63) is 24.0 Å². The third-order valence-corrected chi connectivity index (χ3v) is 2.46.